The van der Waals surface area contributed by atoms with E-state index in [-0.39, 0.29) is 23.4 Å². The van der Waals surface area contributed by atoms with Crippen molar-refractivity contribution in [1.29, 1.82) is 0 Å². The maximum atomic E-state index is 12.5. The van der Waals surface area contributed by atoms with Gasteiger partial charge in [-0.1, -0.05) is 120 Å². The molecule has 1 saturated heterocycles. The quantitative estimate of drug-likeness (QED) is 0.0973. The molecule has 3 aromatic carbocycles. The van der Waals surface area contributed by atoms with Crippen LogP contribution in [0.15, 0.2) is 103 Å². The number of carbonyl (C=O) groups is 1. The predicted octanol–water partition coefficient (Wildman–Crippen LogP) is 5.52. The van der Waals surface area contributed by atoms with Crippen molar-refractivity contribution in [3.8, 4) is 0 Å². The van der Waals surface area contributed by atoms with Crippen LogP contribution in [0, 0.1) is 17.3 Å². The van der Waals surface area contributed by atoms with Gasteiger partial charge in [-0.3, -0.25) is 0 Å². The Balaban J connectivity index is 1.48. The highest BCUT2D eigenvalue weighted by Gasteiger charge is 2.64. The molecule has 6 rings (SSSR count). The van der Waals surface area contributed by atoms with Crippen LogP contribution in [0.5, 0.6) is 0 Å². The first-order valence-corrected chi connectivity index (χ1v) is 17.9. The number of alkyl halides is 1. The second kappa shape index (κ2) is 12.1. The molecule has 0 bridgehead atoms. The first-order valence-electron chi connectivity index (χ1n) is 14.9. The Kier molecular flexibility index (Phi) is 8.48. The molecule has 1 spiro atoms. The zero-order valence-electron chi connectivity index (χ0n) is 23.6. The second-order valence-corrected chi connectivity index (χ2v) is 15.8. The van der Waals surface area contributed by atoms with Crippen molar-refractivity contribution in [3.63, 3.8) is 0 Å². The summed E-state index contributed by atoms with van der Waals surface area (Å²) >= 11 is 3.74. The summed E-state index contributed by atoms with van der Waals surface area (Å²) in [6.45, 7) is 5.75. The topological polar surface area (TPSA) is 44.8 Å². The third kappa shape index (κ3) is 5.12. The monoisotopic (exact) mass is 630 g/mol. The summed E-state index contributed by atoms with van der Waals surface area (Å²) in [6.07, 6.45) is 6.51. The lowest BCUT2D eigenvalue weighted by Gasteiger charge is -2.49. The Hall–Kier alpha value is -2.35. The van der Waals surface area contributed by atoms with E-state index in [4.69, 9.17) is 13.9 Å². The van der Waals surface area contributed by atoms with Gasteiger partial charge in [0.2, 0.25) is 0 Å². The van der Waals surface area contributed by atoms with Crippen LogP contribution in [0.3, 0.4) is 0 Å². The van der Waals surface area contributed by atoms with Crippen LogP contribution in [-0.4, -0.2) is 45.0 Å². The molecule has 4 atom stereocenters. The van der Waals surface area contributed by atoms with E-state index >= 15 is 0 Å². The van der Waals surface area contributed by atoms with Crippen LogP contribution in [0.2, 0.25) is 0 Å². The molecule has 3 unspecified atom stereocenters. The molecule has 3 aromatic rings. The summed E-state index contributed by atoms with van der Waals surface area (Å²) in [7, 11) is -2.98. The van der Waals surface area contributed by atoms with Gasteiger partial charge in [-0.2, -0.15) is 0 Å². The van der Waals surface area contributed by atoms with Gasteiger partial charge in [0.1, 0.15) is 6.29 Å². The Morgan fingerprint density at radius 1 is 0.902 bits per heavy atom. The van der Waals surface area contributed by atoms with E-state index in [0.717, 1.165) is 44.1 Å². The highest BCUT2D eigenvalue weighted by Crippen LogP contribution is 2.63. The molecule has 4 nitrogen and oxygen atoms in total. The van der Waals surface area contributed by atoms with Gasteiger partial charge in [-0.05, 0) is 52.2 Å². The van der Waals surface area contributed by atoms with Crippen LogP contribution in [0.25, 0.3) is 0 Å². The minimum absolute atomic E-state index is 0.0271. The third-order valence-electron chi connectivity index (χ3n) is 9.77. The number of ether oxygens (including phenoxy) is 2. The van der Waals surface area contributed by atoms with E-state index in [1.54, 1.807) is 0 Å². The number of hydrogen-bond acceptors (Lipinski definition) is 4. The van der Waals surface area contributed by atoms with E-state index in [0.29, 0.717) is 18.5 Å². The predicted molar refractivity (Wildman–Crippen MR) is 170 cm³/mol. The molecule has 1 aliphatic heterocycles. The minimum atomic E-state index is -2.98. The fraction of sp³-hybridized carbons (Fsp3) is 0.400. The third-order valence-corrected chi connectivity index (χ3v) is 14.6. The normalized spacial score (nSPS) is 26.0. The van der Waals surface area contributed by atoms with Crippen molar-refractivity contribution in [1.82, 2.24) is 0 Å². The first-order chi connectivity index (χ1) is 20.1. The van der Waals surface area contributed by atoms with Gasteiger partial charge in [-0.15, -0.1) is 0 Å². The van der Waals surface area contributed by atoms with E-state index in [1.165, 1.54) is 21.8 Å². The Morgan fingerprint density at radius 2 is 1.44 bits per heavy atom. The van der Waals surface area contributed by atoms with E-state index in [1.807, 2.05) is 0 Å². The summed E-state index contributed by atoms with van der Waals surface area (Å²) in [5, 5.41) is 4.27. The molecule has 3 aliphatic rings. The molecule has 0 N–H and O–H groups in total. The van der Waals surface area contributed by atoms with Crippen LogP contribution in [-0.2, 0) is 18.7 Å². The van der Waals surface area contributed by atoms with Crippen LogP contribution in [0.1, 0.15) is 38.5 Å². The Morgan fingerprint density at radius 3 is 1.93 bits per heavy atom. The van der Waals surface area contributed by atoms with Crippen molar-refractivity contribution in [2.24, 2.45) is 17.3 Å². The summed E-state index contributed by atoms with van der Waals surface area (Å²) in [6, 6.07) is 32.2. The molecule has 0 radical (unpaired) electrons. The fourth-order valence-corrected chi connectivity index (χ4v) is 12.5. The number of carbonyl (C=O) groups excluding carboxylic acids is 1. The summed E-state index contributed by atoms with van der Waals surface area (Å²) in [5.74, 6) is -0.695. The van der Waals surface area contributed by atoms with Gasteiger partial charge < -0.3 is 18.7 Å². The average Bonchev–Trinajstić information content (AvgIpc) is 3.65. The summed E-state index contributed by atoms with van der Waals surface area (Å²) in [4.78, 5) is 12.5. The minimum Gasteiger partial charge on any atom is -0.397 e. The Labute approximate surface area is 253 Å². The molecule has 0 aromatic heterocycles. The molecule has 1 heterocycles. The highest BCUT2D eigenvalue weighted by molar-refractivity contribution is 9.09. The van der Waals surface area contributed by atoms with Gasteiger partial charge in [-0.25, -0.2) is 0 Å². The number of benzene rings is 3. The van der Waals surface area contributed by atoms with Gasteiger partial charge in [0.05, 0.1) is 19.3 Å². The maximum absolute atomic E-state index is 12.5. The number of aldehydes is 1. The fourth-order valence-electron chi connectivity index (χ4n) is 8.05. The largest absolute Gasteiger partial charge is 0.397 e. The molecule has 2 saturated carbocycles. The van der Waals surface area contributed by atoms with E-state index < -0.39 is 14.1 Å². The van der Waals surface area contributed by atoms with E-state index in [9.17, 15) is 4.79 Å². The molecule has 3 fully saturated rings. The lowest BCUT2D eigenvalue weighted by Crippen LogP contribution is -2.70. The lowest BCUT2D eigenvalue weighted by atomic mass is 9.60. The van der Waals surface area contributed by atoms with Gasteiger partial charge in [0.15, 0.2) is 5.79 Å². The molecule has 6 heteroatoms. The molecule has 214 valence electrons. The smallest absolute Gasteiger partial charge is 0.288 e. The summed E-state index contributed by atoms with van der Waals surface area (Å²) < 4.78 is 20.4. The average molecular weight is 632 g/mol. The van der Waals surface area contributed by atoms with Crippen molar-refractivity contribution in [2.45, 2.75) is 50.4 Å². The standard InChI is InChI=1S/C35H39BrO4Si/c1-27(25-36)32(24-34-19-11-12-28(26-37)33(34)35(21-20-34)38-22-23-39-35)40-41(29-13-5-2-6-14-29,30-15-7-3-8-16-30)31-17-9-4-10-18-31/h2-10,13-18,26,28,32-33H,1,11-12,19-25H2/t28?,32-,33?,34?/m0/s1. The molecular formula is C35H39BrO4Si. The van der Waals surface area contributed by atoms with Crippen molar-refractivity contribution in [2.75, 3.05) is 18.5 Å². The van der Waals surface area contributed by atoms with Crippen LogP contribution < -0.4 is 15.6 Å². The first kappa shape index (κ1) is 28.8. The molecule has 0 amide bonds. The lowest BCUT2D eigenvalue weighted by molar-refractivity contribution is -0.214. The maximum Gasteiger partial charge on any atom is 0.288 e. The van der Waals surface area contributed by atoms with Gasteiger partial charge in [0.25, 0.3) is 8.32 Å². The molecule has 2 aliphatic carbocycles. The highest BCUT2D eigenvalue weighted by atomic mass is 79.9. The Bertz CT molecular complexity index is 1230. The number of hydrogen-bond donors (Lipinski definition) is 0. The second-order valence-electron chi connectivity index (χ2n) is 11.9. The number of halogens is 1. The number of rotatable bonds is 10. The van der Waals surface area contributed by atoms with E-state index in [2.05, 4.69) is 114 Å². The summed E-state index contributed by atoms with van der Waals surface area (Å²) in [5.41, 5.74) is 0.911. The van der Waals surface area contributed by atoms with Crippen molar-refractivity contribution in [3.05, 3.63) is 103 Å². The van der Waals surface area contributed by atoms with Crippen molar-refractivity contribution < 1.29 is 18.7 Å². The zero-order valence-corrected chi connectivity index (χ0v) is 26.1. The van der Waals surface area contributed by atoms with Gasteiger partial charge >= 0.3 is 0 Å². The molecular weight excluding hydrogens is 592 g/mol. The van der Waals surface area contributed by atoms with Crippen LogP contribution in [0.4, 0.5) is 0 Å². The molecule has 41 heavy (non-hydrogen) atoms. The van der Waals surface area contributed by atoms with Gasteiger partial charge in [0, 0.05) is 23.6 Å². The van der Waals surface area contributed by atoms with Crippen molar-refractivity contribution >= 4 is 46.1 Å². The number of fused-ring (bicyclic) bond motifs is 2. The zero-order chi connectivity index (χ0) is 28.3. The SMILES string of the molecule is C=C(CBr)[C@H](CC12CCCC(C=O)C1C1(CC2)OCCO1)O[Si](c1ccccc1)(c1ccccc1)c1ccccc1. The van der Waals surface area contributed by atoms with Crippen LogP contribution >= 0.6 is 15.9 Å².